The average molecular weight is 300 g/mol. The van der Waals surface area contributed by atoms with E-state index in [1.54, 1.807) is 29.2 Å². The quantitative estimate of drug-likeness (QED) is 0.798. The standard InChI is InChI=1S/C15H13FN4O2/c1-22-12-4-2-3-11(16)14(12)15(21)19-8-10-7-18-13-9-17-5-6-20(10)13/h2-7,9H,8H2,1H3,(H,19,21). The van der Waals surface area contributed by atoms with Crippen LogP contribution in [0.2, 0.25) is 0 Å². The third kappa shape index (κ3) is 2.48. The summed E-state index contributed by atoms with van der Waals surface area (Å²) in [7, 11) is 1.39. The van der Waals surface area contributed by atoms with Crippen LogP contribution in [0, 0.1) is 5.82 Å². The second kappa shape index (κ2) is 5.80. The molecule has 0 aliphatic rings. The Hall–Kier alpha value is -2.96. The van der Waals surface area contributed by atoms with Crippen molar-refractivity contribution in [3.05, 3.63) is 60.1 Å². The molecule has 2 heterocycles. The molecule has 0 saturated heterocycles. The smallest absolute Gasteiger partial charge is 0.258 e. The van der Waals surface area contributed by atoms with Crippen molar-refractivity contribution in [2.24, 2.45) is 0 Å². The van der Waals surface area contributed by atoms with E-state index in [-0.39, 0.29) is 17.9 Å². The van der Waals surface area contributed by atoms with E-state index in [1.807, 2.05) is 0 Å². The van der Waals surface area contributed by atoms with E-state index in [4.69, 9.17) is 4.74 Å². The van der Waals surface area contributed by atoms with Crippen LogP contribution in [-0.2, 0) is 6.54 Å². The number of halogens is 1. The first-order valence-electron chi connectivity index (χ1n) is 6.57. The number of benzene rings is 1. The number of hydrogen-bond acceptors (Lipinski definition) is 4. The molecule has 0 aliphatic carbocycles. The van der Waals surface area contributed by atoms with Gasteiger partial charge in [-0.05, 0) is 12.1 Å². The average Bonchev–Trinajstić information content (AvgIpc) is 2.95. The van der Waals surface area contributed by atoms with E-state index < -0.39 is 11.7 Å². The number of hydrogen-bond donors (Lipinski definition) is 1. The van der Waals surface area contributed by atoms with Gasteiger partial charge < -0.3 is 10.1 Å². The molecule has 1 amide bonds. The van der Waals surface area contributed by atoms with Crippen LogP contribution in [0.4, 0.5) is 4.39 Å². The lowest BCUT2D eigenvalue weighted by Crippen LogP contribution is -2.25. The summed E-state index contributed by atoms with van der Waals surface area (Å²) in [6, 6.07) is 4.25. The summed E-state index contributed by atoms with van der Waals surface area (Å²) in [5.41, 5.74) is 1.33. The third-order valence-corrected chi connectivity index (χ3v) is 3.25. The molecular weight excluding hydrogens is 287 g/mol. The number of nitrogens with one attached hydrogen (secondary N) is 1. The van der Waals surface area contributed by atoms with E-state index in [0.29, 0.717) is 5.65 Å². The van der Waals surface area contributed by atoms with Crippen molar-refractivity contribution < 1.29 is 13.9 Å². The highest BCUT2D eigenvalue weighted by Crippen LogP contribution is 2.21. The second-order valence-electron chi connectivity index (χ2n) is 4.55. The Balaban J connectivity index is 1.81. The van der Waals surface area contributed by atoms with Gasteiger partial charge in [0.2, 0.25) is 0 Å². The lowest BCUT2D eigenvalue weighted by molar-refractivity contribution is 0.0943. The van der Waals surface area contributed by atoms with E-state index in [0.717, 1.165) is 5.69 Å². The molecule has 6 nitrogen and oxygen atoms in total. The van der Waals surface area contributed by atoms with E-state index >= 15 is 0 Å². The van der Waals surface area contributed by atoms with Crippen molar-refractivity contribution in [2.75, 3.05) is 7.11 Å². The molecule has 0 saturated carbocycles. The van der Waals surface area contributed by atoms with Gasteiger partial charge in [-0.15, -0.1) is 0 Å². The van der Waals surface area contributed by atoms with Crippen LogP contribution in [0.3, 0.4) is 0 Å². The molecule has 3 aromatic rings. The van der Waals surface area contributed by atoms with Gasteiger partial charge in [-0.25, -0.2) is 9.37 Å². The number of methoxy groups -OCH3 is 1. The highest BCUT2D eigenvalue weighted by Gasteiger charge is 2.17. The van der Waals surface area contributed by atoms with Crippen molar-refractivity contribution in [3.63, 3.8) is 0 Å². The molecule has 0 fully saturated rings. The molecule has 112 valence electrons. The number of carbonyl (C=O) groups excluding carboxylic acids is 1. The Bertz CT molecular complexity index is 831. The number of ether oxygens (including phenoxy) is 1. The van der Waals surface area contributed by atoms with Crippen LogP contribution < -0.4 is 10.1 Å². The molecular formula is C15H13FN4O2. The van der Waals surface area contributed by atoms with Crippen molar-refractivity contribution in [3.8, 4) is 5.75 Å². The molecule has 1 aromatic carbocycles. The summed E-state index contributed by atoms with van der Waals surface area (Å²) in [5.74, 6) is -0.974. The van der Waals surface area contributed by atoms with Gasteiger partial charge in [-0.2, -0.15) is 0 Å². The first-order chi connectivity index (χ1) is 10.7. The fraction of sp³-hybridized carbons (Fsp3) is 0.133. The summed E-state index contributed by atoms with van der Waals surface area (Å²) in [6.07, 6.45) is 6.62. The molecule has 0 aliphatic heterocycles. The predicted octanol–water partition coefficient (Wildman–Crippen LogP) is 1.81. The molecule has 22 heavy (non-hydrogen) atoms. The first kappa shape index (κ1) is 14.0. The van der Waals surface area contributed by atoms with Crippen LogP contribution in [-0.4, -0.2) is 27.4 Å². The van der Waals surface area contributed by atoms with Gasteiger partial charge >= 0.3 is 0 Å². The van der Waals surface area contributed by atoms with Crippen molar-refractivity contribution in [1.29, 1.82) is 0 Å². The minimum atomic E-state index is -0.626. The molecule has 7 heteroatoms. The SMILES string of the molecule is COc1cccc(F)c1C(=O)NCc1cnc2cnccn12. The molecule has 2 aromatic heterocycles. The van der Waals surface area contributed by atoms with Gasteiger partial charge in [-0.3, -0.25) is 14.2 Å². The number of amides is 1. The highest BCUT2D eigenvalue weighted by molar-refractivity contribution is 5.97. The maximum atomic E-state index is 13.8. The van der Waals surface area contributed by atoms with Crippen LogP contribution in [0.15, 0.2) is 43.0 Å². The van der Waals surface area contributed by atoms with Crippen molar-refractivity contribution in [2.45, 2.75) is 6.54 Å². The number of carbonyl (C=O) groups is 1. The van der Waals surface area contributed by atoms with Gasteiger partial charge in [-0.1, -0.05) is 6.07 Å². The minimum absolute atomic E-state index is 0.111. The van der Waals surface area contributed by atoms with Gasteiger partial charge in [0.25, 0.3) is 5.91 Å². The number of fused-ring (bicyclic) bond motifs is 1. The first-order valence-corrected chi connectivity index (χ1v) is 6.57. The Morgan fingerprint density at radius 1 is 1.41 bits per heavy atom. The normalized spacial score (nSPS) is 10.6. The van der Waals surface area contributed by atoms with Gasteiger partial charge in [0.15, 0.2) is 5.65 Å². The molecule has 1 N–H and O–H groups in total. The van der Waals surface area contributed by atoms with Gasteiger partial charge in [0, 0.05) is 12.4 Å². The molecule has 0 unspecified atom stereocenters. The monoisotopic (exact) mass is 300 g/mol. The van der Waals surface area contributed by atoms with Crippen LogP contribution in [0.5, 0.6) is 5.75 Å². The molecule has 3 rings (SSSR count). The van der Waals surface area contributed by atoms with Crippen LogP contribution in [0.25, 0.3) is 5.65 Å². The Morgan fingerprint density at radius 3 is 3.09 bits per heavy atom. The topological polar surface area (TPSA) is 68.5 Å². The zero-order chi connectivity index (χ0) is 15.5. The van der Waals surface area contributed by atoms with Gasteiger partial charge in [0.05, 0.1) is 31.7 Å². The molecule has 0 atom stereocenters. The minimum Gasteiger partial charge on any atom is -0.496 e. The largest absolute Gasteiger partial charge is 0.496 e. The molecule has 0 radical (unpaired) electrons. The maximum absolute atomic E-state index is 13.8. The highest BCUT2D eigenvalue weighted by atomic mass is 19.1. The van der Waals surface area contributed by atoms with E-state index in [1.165, 1.54) is 25.3 Å². The number of imidazole rings is 1. The lowest BCUT2D eigenvalue weighted by Gasteiger charge is -2.10. The third-order valence-electron chi connectivity index (χ3n) is 3.25. The zero-order valence-electron chi connectivity index (χ0n) is 11.8. The van der Waals surface area contributed by atoms with Crippen LogP contribution >= 0.6 is 0 Å². The second-order valence-corrected chi connectivity index (χ2v) is 4.55. The number of nitrogens with zero attached hydrogens (tertiary/aromatic N) is 3. The Kier molecular flexibility index (Phi) is 3.69. The lowest BCUT2D eigenvalue weighted by atomic mass is 10.1. The van der Waals surface area contributed by atoms with E-state index in [9.17, 15) is 9.18 Å². The fourth-order valence-corrected chi connectivity index (χ4v) is 2.18. The summed E-state index contributed by atoms with van der Waals surface area (Å²) in [5, 5.41) is 2.67. The van der Waals surface area contributed by atoms with Gasteiger partial charge in [0.1, 0.15) is 17.1 Å². The molecule has 0 bridgehead atoms. The summed E-state index contributed by atoms with van der Waals surface area (Å²) >= 11 is 0. The van der Waals surface area contributed by atoms with E-state index in [2.05, 4.69) is 15.3 Å². The summed E-state index contributed by atoms with van der Waals surface area (Å²) < 4.78 is 20.7. The Morgan fingerprint density at radius 2 is 2.27 bits per heavy atom. The fourth-order valence-electron chi connectivity index (χ4n) is 2.18. The maximum Gasteiger partial charge on any atom is 0.258 e. The van der Waals surface area contributed by atoms with Crippen molar-refractivity contribution >= 4 is 11.6 Å². The van der Waals surface area contributed by atoms with Crippen LogP contribution in [0.1, 0.15) is 16.1 Å². The number of aromatic nitrogens is 3. The number of rotatable bonds is 4. The Labute approximate surface area is 125 Å². The summed E-state index contributed by atoms with van der Waals surface area (Å²) in [6.45, 7) is 0.210. The van der Waals surface area contributed by atoms with Crippen molar-refractivity contribution in [1.82, 2.24) is 19.7 Å². The summed E-state index contributed by atoms with van der Waals surface area (Å²) in [4.78, 5) is 20.3. The predicted molar refractivity (Wildman–Crippen MR) is 77.1 cm³/mol. The molecule has 0 spiro atoms. The zero-order valence-corrected chi connectivity index (χ0v) is 11.8.